The zero-order valence-electron chi connectivity index (χ0n) is 11.8. The number of rotatable bonds is 6. The molecule has 0 amide bonds. The van der Waals surface area contributed by atoms with Crippen LogP contribution in [0.5, 0.6) is 11.5 Å². The summed E-state index contributed by atoms with van der Waals surface area (Å²) in [6.45, 7) is 0. The second-order valence-electron chi connectivity index (χ2n) is 5.30. The van der Waals surface area contributed by atoms with Crippen LogP contribution in [-0.2, 0) is 0 Å². The molecule has 1 unspecified atom stereocenters. The van der Waals surface area contributed by atoms with Crippen LogP contribution in [0.25, 0.3) is 0 Å². The van der Waals surface area contributed by atoms with E-state index in [0.717, 1.165) is 17.4 Å². The third-order valence-electron chi connectivity index (χ3n) is 4.08. The van der Waals surface area contributed by atoms with Gasteiger partial charge in [0.25, 0.3) is 0 Å². The van der Waals surface area contributed by atoms with Crippen molar-refractivity contribution in [3.63, 3.8) is 0 Å². The SMILES string of the molecule is COc1ccc(C(Br)CCC2CCCC2)c(OC)c1. The van der Waals surface area contributed by atoms with Crippen LogP contribution < -0.4 is 9.47 Å². The van der Waals surface area contributed by atoms with Gasteiger partial charge < -0.3 is 9.47 Å². The molecule has 3 heteroatoms. The third kappa shape index (κ3) is 3.88. The summed E-state index contributed by atoms with van der Waals surface area (Å²) in [6, 6.07) is 6.06. The summed E-state index contributed by atoms with van der Waals surface area (Å²) in [5.41, 5.74) is 1.22. The van der Waals surface area contributed by atoms with E-state index in [1.54, 1.807) is 14.2 Å². The molecule has 0 saturated heterocycles. The van der Waals surface area contributed by atoms with Crippen molar-refractivity contribution in [1.29, 1.82) is 0 Å². The smallest absolute Gasteiger partial charge is 0.126 e. The van der Waals surface area contributed by atoms with Crippen LogP contribution in [0.2, 0.25) is 0 Å². The molecule has 106 valence electrons. The summed E-state index contributed by atoms with van der Waals surface area (Å²) in [7, 11) is 3.40. The van der Waals surface area contributed by atoms with E-state index in [2.05, 4.69) is 22.0 Å². The van der Waals surface area contributed by atoms with Crippen molar-refractivity contribution in [1.82, 2.24) is 0 Å². The van der Waals surface area contributed by atoms with Crippen molar-refractivity contribution in [2.24, 2.45) is 5.92 Å². The molecule has 0 N–H and O–H groups in total. The van der Waals surface area contributed by atoms with Gasteiger partial charge in [-0.25, -0.2) is 0 Å². The van der Waals surface area contributed by atoms with Gasteiger partial charge in [-0.2, -0.15) is 0 Å². The maximum absolute atomic E-state index is 5.47. The van der Waals surface area contributed by atoms with Gasteiger partial charge >= 0.3 is 0 Å². The first-order valence-electron chi connectivity index (χ1n) is 7.10. The molecule has 19 heavy (non-hydrogen) atoms. The van der Waals surface area contributed by atoms with Gasteiger partial charge in [-0.1, -0.05) is 47.7 Å². The summed E-state index contributed by atoms with van der Waals surface area (Å²) < 4.78 is 10.7. The fraction of sp³-hybridized carbons (Fsp3) is 0.625. The average Bonchev–Trinajstić information content (AvgIpc) is 2.97. The molecule has 0 aliphatic heterocycles. The molecule has 1 aromatic rings. The Kier molecular flexibility index (Phi) is 5.56. The average molecular weight is 327 g/mol. The first kappa shape index (κ1) is 14.7. The van der Waals surface area contributed by atoms with Crippen molar-refractivity contribution >= 4 is 15.9 Å². The molecular weight excluding hydrogens is 304 g/mol. The molecule has 2 nitrogen and oxygen atoms in total. The van der Waals surface area contributed by atoms with Gasteiger partial charge in [0.2, 0.25) is 0 Å². The number of methoxy groups -OCH3 is 2. The zero-order chi connectivity index (χ0) is 13.7. The lowest BCUT2D eigenvalue weighted by Gasteiger charge is -2.17. The lowest BCUT2D eigenvalue weighted by atomic mass is 9.98. The molecule has 1 aliphatic rings. The van der Waals surface area contributed by atoms with E-state index in [1.807, 2.05) is 12.1 Å². The standard InChI is InChI=1S/C16H23BrO2/c1-18-13-8-9-14(16(11-13)19-2)15(17)10-7-12-5-3-4-6-12/h8-9,11-12,15H,3-7,10H2,1-2H3. The quantitative estimate of drug-likeness (QED) is 0.676. The number of benzene rings is 1. The largest absolute Gasteiger partial charge is 0.497 e. The molecule has 0 bridgehead atoms. The highest BCUT2D eigenvalue weighted by Gasteiger charge is 2.19. The normalized spacial score (nSPS) is 17.4. The van der Waals surface area contributed by atoms with Crippen LogP contribution in [0.1, 0.15) is 48.9 Å². The summed E-state index contributed by atoms with van der Waals surface area (Å²) in [5.74, 6) is 2.69. The van der Waals surface area contributed by atoms with Crippen LogP contribution in [0, 0.1) is 5.92 Å². The Morgan fingerprint density at radius 2 is 1.95 bits per heavy atom. The highest BCUT2D eigenvalue weighted by molar-refractivity contribution is 9.09. The molecule has 1 saturated carbocycles. The summed E-state index contributed by atoms with van der Waals surface area (Å²) in [5, 5.41) is 0. The molecule has 1 fully saturated rings. The third-order valence-corrected chi connectivity index (χ3v) is 5.03. The highest BCUT2D eigenvalue weighted by Crippen LogP contribution is 2.39. The molecule has 0 radical (unpaired) electrons. The number of alkyl halides is 1. The van der Waals surface area contributed by atoms with Crippen molar-refractivity contribution < 1.29 is 9.47 Å². The van der Waals surface area contributed by atoms with Crippen molar-refractivity contribution in [2.75, 3.05) is 14.2 Å². The fourth-order valence-electron chi connectivity index (χ4n) is 2.91. The predicted molar refractivity (Wildman–Crippen MR) is 82.4 cm³/mol. The second-order valence-corrected chi connectivity index (χ2v) is 6.41. The van der Waals surface area contributed by atoms with E-state index in [9.17, 15) is 0 Å². The number of hydrogen-bond acceptors (Lipinski definition) is 2. The molecule has 1 aromatic carbocycles. The molecule has 1 atom stereocenters. The summed E-state index contributed by atoms with van der Waals surface area (Å²) in [6.07, 6.45) is 8.16. The molecule has 0 aromatic heterocycles. The zero-order valence-corrected chi connectivity index (χ0v) is 13.4. The van der Waals surface area contributed by atoms with Crippen LogP contribution in [0.15, 0.2) is 18.2 Å². The summed E-state index contributed by atoms with van der Waals surface area (Å²) >= 11 is 3.81. The van der Waals surface area contributed by atoms with Crippen molar-refractivity contribution in [3.05, 3.63) is 23.8 Å². The minimum Gasteiger partial charge on any atom is -0.497 e. The Hall–Kier alpha value is -0.700. The maximum Gasteiger partial charge on any atom is 0.126 e. The number of hydrogen-bond donors (Lipinski definition) is 0. The Labute approximate surface area is 124 Å². The second kappa shape index (κ2) is 7.18. The number of halogens is 1. The molecule has 0 spiro atoms. The van der Waals surface area contributed by atoms with E-state index < -0.39 is 0 Å². The Balaban J connectivity index is 1.98. The van der Waals surface area contributed by atoms with Gasteiger partial charge in [0.05, 0.1) is 14.2 Å². The van der Waals surface area contributed by atoms with E-state index in [1.165, 1.54) is 44.1 Å². The fourth-order valence-corrected chi connectivity index (χ4v) is 3.56. The first-order chi connectivity index (χ1) is 9.24. The van der Waals surface area contributed by atoms with Gasteiger partial charge in [-0.15, -0.1) is 0 Å². The maximum atomic E-state index is 5.47. The van der Waals surface area contributed by atoms with Gasteiger partial charge in [-0.3, -0.25) is 0 Å². The lowest BCUT2D eigenvalue weighted by molar-refractivity contribution is 0.389. The van der Waals surface area contributed by atoms with Crippen LogP contribution >= 0.6 is 15.9 Å². The van der Waals surface area contributed by atoms with E-state index >= 15 is 0 Å². The van der Waals surface area contributed by atoms with Gasteiger partial charge in [0.15, 0.2) is 0 Å². The van der Waals surface area contributed by atoms with Gasteiger partial charge in [0.1, 0.15) is 11.5 Å². The van der Waals surface area contributed by atoms with Gasteiger partial charge in [0, 0.05) is 16.5 Å². The number of ether oxygens (including phenoxy) is 2. The van der Waals surface area contributed by atoms with Crippen LogP contribution in [-0.4, -0.2) is 14.2 Å². The Morgan fingerprint density at radius 3 is 2.58 bits per heavy atom. The lowest BCUT2D eigenvalue weighted by Crippen LogP contribution is -2.00. The Bertz CT molecular complexity index is 400. The minimum absolute atomic E-state index is 0.369. The molecule has 2 rings (SSSR count). The summed E-state index contributed by atoms with van der Waals surface area (Å²) in [4.78, 5) is 0.369. The van der Waals surface area contributed by atoms with Gasteiger partial charge in [-0.05, 0) is 24.8 Å². The predicted octanol–water partition coefficient (Wildman–Crippen LogP) is 5.11. The monoisotopic (exact) mass is 326 g/mol. The molecular formula is C16H23BrO2. The van der Waals surface area contributed by atoms with Crippen molar-refractivity contribution in [2.45, 2.75) is 43.4 Å². The topological polar surface area (TPSA) is 18.5 Å². The van der Waals surface area contributed by atoms with Crippen LogP contribution in [0.3, 0.4) is 0 Å². The minimum atomic E-state index is 0.369. The van der Waals surface area contributed by atoms with E-state index in [-0.39, 0.29) is 0 Å². The van der Waals surface area contributed by atoms with E-state index in [4.69, 9.17) is 9.47 Å². The van der Waals surface area contributed by atoms with E-state index in [0.29, 0.717) is 4.83 Å². The highest BCUT2D eigenvalue weighted by atomic mass is 79.9. The van der Waals surface area contributed by atoms with Crippen molar-refractivity contribution in [3.8, 4) is 11.5 Å². The molecule has 1 aliphatic carbocycles. The molecule has 0 heterocycles. The van der Waals surface area contributed by atoms with Crippen LogP contribution in [0.4, 0.5) is 0 Å². The Morgan fingerprint density at radius 1 is 1.21 bits per heavy atom. The first-order valence-corrected chi connectivity index (χ1v) is 8.02.